The highest BCUT2D eigenvalue weighted by Gasteiger charge is 2.26. The molecule has 1 aromatic rings. The van der Waals surface area contributed by atoms with Gasteiger partial charge in [0.2, 0.25) is 0 Å². The molecule has 0 fully saturated rings. The molecule has 0 aromatic heterocycles. The van der Waals surface area contributed by atoms with Crippen LogP contribution in [0, 0.1) is 0 Å². The van der Waals surface area contributed by atoms with Gasteiger partial charge in [0.25, 0.3) is 0 Å². The summed E-state index contributed by atoms with van der Waals surface area (Å²) in [6.45, 7) is 7.55. The zero-order valence-corrected chi connectivity index (χ0v) is 10.5. The summed E-state index contributed by atoms with van der Waals surface area (Å²) in [5.41, 5.74) is 8.86. The molecule has 0 saturated carbocycles. The molecule has 1 atom stereocenters. The first-order chi connectivity index (χ1) is 7.47. The molecular weight excluding hydrogens is 196 g/mol. The van der Waals surface area contributed by atoms with Crippen LogP contribution in [0.15, 0.2) is 24.3 Å². The summed E-state index contributed by atoms with van der Waals surface area (Å²) >= 11 is 0. The number of rotatable bonds is 3. The van der Waals surface area contributed by atoms with Crippen LogP contribution in [0.4, 0.5) is 5.69 Å². The summed E-state index contributed by atoms with van der Waals surface area (Å²) < 4.78 is 0. The van der Waals surface area contributed by atoms with Gasteiger partial charge in [-0.1, -0.05) is 18.2 Å². The third-order valence-corrected chi connectivity index (χ3v) is 3.35. The van der Waals surface area contributed by atoms with E-state index in [0.717, 1.165) is 13.0 Å². The fourth-order valence-corrected chi connectivity index (χ4v) is 2.38. The van der Waals surface area contributed by atoms with Gasteiger partial charge in [-0.05, 0) is 45.2 Å². The third-order valence-electron chi connectivity index (χ3n) is 3.35. The minimum Gasteiger partial charge on any atom is -0.368 e. The average Bonchev–Trinajstić information content (AvgIpc) is 2.49. The Morgan fingerprint density at radius 2 is 2.06 bits per heavy atom. The van der Waals surface area contributed by atoms with Crippen molar-refractivity contribution < 1.29 is 0 Å². The second kappa shape index (κ2) is 4.10. The number of nitrogens with two attached hydrogens (primary N) is 1. The molecule has 0 spiro atoms. The molecule has 0 saturated heterocycles. The highest BCUT2D eigenvalue weighted by molar-refractivity contribution is 5.59. The second-order valence-corrected chi connectivity index (χ2v) is 5.61. The van der Waals surface area contributed by atoms with Gasteiger partial charge in [-0.15, -0.1) is 0 Å². The predicted octanol–water partition coefficient (Wildman–Crippen LogP) is 2.57. The van der Waals surface area contributed by atoms with Gasteiger partial charge in [0.05, 0.1) is 0 Å². The average molecular weight is 218 g/mol. The summed E-state index contributed by atoms with van der Waals surface area (Å²) in [6.07, 6.45) is 2.20. The van der Waals surface area contributed by atoms with E-state index in [1.807, 2.05) is 0 Å². The van der Waals surface area contributed by atoms with Gasteiger partial charge in [0.1, 0.15) is 0 Å². The fourth-order valence-electron chi connectivity index (χ4n) is 2.38. The molecule has 1 unspecified atom stereocenters. The van der Waals surface area contributed by atoms with Gasteiger partial charge in [-0.2, -0.15) is 0 Å². The SMILES string of the molecule is CC1Cc2ccccc2N1CCC(C)(C)N. The van der Waals surface area contributed by atoms with E-state index in [-0.39, 0.29) is 5.54 Å². The van der Waals surface area contributed by atoms with Crippen LogP contribution in [0.1, 0.15) is 32.8 Å². The van der Waals surface area contributed by atoms with Crippen molar-refractivity contribution in [1.82, 2.24) is 0 Å². The molecule has 1 aromatic carbocycles. The highest BCUT2D eigenvalue weighted by atomic mass is 15.2. The zero-order valence-electron chi connectivity index (χ0n) is 10.5. The molecule has 2 heteroatoms. The Kier molecular flexibility index (Phi) is 2.94. The molecule has 2 nitrogen and oxygen atoms in total. The smallest absolute Gasteiger partial charge is 0.0402 e. The van der Waals surface area contributed by atoms with E-state index >= 15 is 0 Å². The van der Waals surface area contributed by atoms with Crippen molar-refractivity contribution in [1.29, 1.82) is 0 Å². The van der Waals surface area contributed by atoms with E-state index in [1.54, 1.807) is 0 Å². The maximum absolute atomic E-state index is 6.05. The summed E-state index contributed by atoms with van der Waals surface area (Å²) in [6, 6.07) is 9.32. The molecule has 0 amide bonds. The van der Waals surface area contributed by atoms with Crippen LogP contribution in [-0.4, -0.2) is 18.1 Å². The van der Waals surface area contributed by atoms with E-state index in [4.69, 9.17) is 5.73 Å². The van der Waals surface area contributed by atoms with E-state index in [2.05, 4.69) is 49.9 Å². The molecule has 1 heterocycles. The molecular formula is C14H22N2. The monoisotopic (exact) mass is 218 g/mol. The van der Waals surface area contributed by atoms with Gasteiger partial charge >= 0.3 is 0 Å². The second-order valence-electron chi connectivity index (χ2n) is 5.61. The van der Waals surface area contributed by atoms with Crippen LogP contribution in [-0.2, 0) is 6.42 Å². The molecule has 88 valence electrons. The first-order valence-corrected chi connectivity index (χ1v) is 6.11. The number of fused-ring (bicyclic) bond motifs is 1. The van der Waals surface area contributed by atoms with Crippen molar-refractivity contribution in [2.75, 3.05) is 11.4 Å². The number of benzene rings is 1. The van der Waals surface area contributed by atoms with Crippen LogP contribution in [0.3, 0.4) is 0 Å². The Hall–Kier alpha value is -1.02. The van der Waals surface area contributed by atoms with Gasteiger partial charge in [-0.3, -0.25) is 0 Å². The van der Waals surface area contributed by atoms with Crippen molar-refractivity contribution in [3.8, 4) is 0 Å². The Bertz CT molecular complexity index is 365. The number of nitrogens with zero attached hydrogens (tertiary/aromatic N) is 1. The zero-order chi connectivity index (χ0) is 11.8. The number of anilines is 1. The van der Waals surface area contributed by atoms with Gasteiger partial charge in [0.15, 0.2) is 0 Å². The van der Waals surface area contributed by atoms with Gasteiger partial charge < -0.3 is 10.6 Å². The van der Waals surface area contributed by atoms with Crippen LogP contribution in [0.5, 0.6) is 0 Å². The Labute approximate surface area is 98.4 Å². The standard InChI is InChI=1S/C14H22N2/c1-11-10-12-6-4-5-7-13(12)16(11)9-8-14(2,3)15/h4-7,11H,8-10,15H2,1-3H3. The molecule has 16 heavy (non-hydrogen) atoms. The van der Waals surface area contributed by atoms with E-state index < -0.39 is 0 Å². The van der Waals surface area contributed by atoms with E-state index in [0.29, 0.717) is 6.04 Å². The first-order valence-electron chi connectivity index (χ1n) is 6.11. The fraction of sp³-hybridized carbons (Fsp3) is 0.571. The van der Waals surface area contributed by atoms with Crippen molar-refractivity contribution in [3.63, 3.8) is 0 Å². The Balaban J connectivity index is 2.10. The van der Waals surface area contributed by atoms with Crippen LogP contribution in [0.25, 0.3) is 0 Å². The maximum atomic E-state index is 6.05. The predicted molar refractivity (Wildman–Crippen MR) is 69.8 cm³/mol. The van der Waals surface area contributed by atoms with E-state index in [9.17, 15) is 0 Å². The Morgan fingerprint density at radius 3 is 2.75 bits per heavy atom. The third kappa shape index (κ3) is 2.38. The lowest BCUT2D eigenvalue weighted by Crippen LogP contribution is -2.39. The lowest BCUT2D eigenvalue weighted by Gasteiger charge is -2.28. The van der Waals surface area contributed by atoms with Gasteiger partial charge in [-0.25, -0.2) is 0 Å². The van der Waals surface area contributed by atoms with Crippen LogP contribution in [0.2, 0.25) is 0 Å². The van der Waals surface area contributed by atoms with Gasteiger partial charge in [0, 0.05) is 23.8 Å². The topological polar surface area (TPSA) is 29.3 Å². The normalized spacial score (nSPS) is 20.0. The molecule has 0 aliphatic carbocycles. The summed E-state index contributed by atoms with van der Waals surface area (Å²) in [7, 11) is 0. The van der Waals surface area contributed by atoms with Crippen molar-refractivity contribution in [2.45, 2.75) is 45.2 Å². The number of hydrogen-bond acceptors (Lipinski definition) is 2. The van der Waals surface area contributed by atoms with Crippen LogP contribution < -0.4 is 10.6 Å². The van der Waals surface area contributed by atoms with Crippen LogP contribution >= 0.6 is 0 Å². The van der Waals surface area contributed by atoms with Crippen molar-refractivity contribution in [3.05, 3.63) is 29.8 Å². The maximum Gasteiger partial charge on any atom is 0.0402 e. The summed E-state index contributed by atoms with van der Waals surface area (Å²) in [5.74, 6) is 0. The lowest BCUT2D eigenvalue weighted by atomic mass is 10.0. The van der Waals surface area contributed by atoms with Crippen molar-refractivity contribution in [2.24, 2.45) is 5.73 Å². The van der Waals surface area contributed by atoms with E-state index in [1.165, 1.54) is 17.7 Å². The number of para-hydroxylation sites is 1. The summed E-state index contributed by atoms with van der Waals surface area (Å²) in [4.78, 5) is 2.49. The Morgan fingerprint density at radius 1 is 1.38 bits per heavy atom. The first kappa shape index (κ1) is 11.5. The molecule has 1 aliphatic heterocycles. The molecule has 2 N–H and O–H groups in total. The highest BCUT2D eigenvalue weighted by Crippen LogP contribution is 2.32. The molecule has 0 bridgehead atoms. The largest absolute Gasteiger partial charge is 0.368 e. The minimum atomic E-state index is -0.0722. The minimum absolute atomic E-state index is 0.0722. The molecule has 1 aliphatic rings. The lowest BCUT2D eigenvalue weighted by molar-refractivity contribution is 0.466. The summed E-state index contributed by atoms with van der Waals surface area (Å²) in [5, 5.41) is 0. The quantitative estimate of drug-likeness (QED) is 0.845. The molecule has 2 rings (SSSR count). The van der Waals surface area contributed by atoms with Crippen molar-refractivity contribution >= 4 is 5.69 Å². The molecule has 0 radical (unpaired) electrons. The number of hydrogen-bond donors (Lipinski definition) is 1.